The topological polar surface area (TPSA) is 28.2 Å². The normalized spacial score (nSPS) is 21.3. The molecule has 1 aromatic heterocycles. The van der Waals surface area contributed by atoms with Crippen LogP contribution in [0.2, 0.25) is 5.02 Å². The van der Waals surface area contributed by atoms with Crippen molar-refractivity contribution in [3.8, 4) is 0 Å². The molecule has 1 saturated carbocycles. The van der Waals surface area contributed by atoms with Crippen LogP contribution < -0.4 is 5.32 Å². The average Bonchev–Trinajstić information content (AvgIpc) is 3.02. The first-order chi connectivity index (χ1) is 11.7. The highest BCUT2D eigenvalue weighted by Gasteiger charge is 2.56. The van der Waals surface area contributed by atoms with E-state index in [1.807, 2.05) is 17.6 Å². The van der Waals surface area contributed by atoms with Gasteiger partial charge in [0.1, 0.15) is 10.8 Å². The molecule has 4 rings (SSSR count). The number of piperidine rings is 1. The monoisotopic (exact) mass is 401 g/mol. The highest BCUT2D eigenvalue weighted by atomic mass is 35.5. The lowest BCUT2D eigenvalue weighted by Crippen LogP contribution is -2.36. The summed E-state index contributed by atoms with van der Waals surface area (Å²) in [6.07, 6.45) is 5.49. The quantitative estimate of drug-likeness (QED) is 0.798. The number of hydrogen-bond acceptors (Lipinski definition) is 4. The zero-order chi connectivity index (χ0) is 16.6. The van der Waals surface area contributed by atoms with Gasteiger partial charge in [-0.3, -0.25) is 4.90 Å². The largest absolute Gasteiger partial charge is 0.317 e. The summed E-state index contributed by atoms with van der Waals surface area (Å²) in [6.45, 7) is 3.59. The Labute approximate surface area is 163 Å². The van der Waals surface area contributed by atoms with Gasteiger partial charge in [0.25, 0.3) is 0 Å². The molecule has 1 saturated heterocycles. The van der Waals surface area contributed by atoms with Crippen LogP contribution in [0.1, 0.15) is 29.8 Å². The van der Waals surface area contributed by atoms with E-state index in [0.717, 1.165) is 24.6 Å². The Hall–Kier alpha value is -0.720. The molecule has 2 heterocycles. The third-order valence-electron chi connectivity index (χ3n) is 5.40. The number of rotatable bonds is 5. The molecule has 3 nitrogen and oxygen atoms in total. The predicted octanol–water partition coefficient (Wildman–Crippen LogP) is 4.50. The van der Waals surface area contributed by atoms with Crippen molar-refractivity contribution < 1.29 is 4.39 Å². The number of benzene rings is 1. The predicted molar refractivity (Wildman–Crippen MR) is 103 cm³/mol. The molecule has 1 aromatic carbocycles. The van der Waals surface area contributed by atoms with Gasteiger partial charge in [0.15, 0.2) is 0 Å². The van der Waals surface area contributed by atoms with Gasteiger partial charge >= 0.3 is 0 Å². The number of aromatic nitrogens is 1. The summed E-state index contributed by atoms with van der Waals surface area (Å²) in [4.78, 5) is 6.84. The van der Waals surface area contributed by atoms with Crippen molar-refractivity contribution in [2.75, 3.05) is 13.1 Å². The van der Waals surface area contributed by atoms with Gasteiger partial charge in [-0.15, -0.1) is 23.7 Å². The Morgan fingerprint density at radius 2 is 2.12 bits per heavy atom. The van der Waals surface area contributed by atoms with Crippen LogP contribution in [0.5, 0.6) is 0 Å². The van der Waals surface area contributed by atoms with Crippen molar-refractivity contribution in [2.24, 2.45) is 5.41 Å². The first kappa shape index (κ1) is 19.1. The van der Waals surface area contributed by atoms with Crippen LogP contribution in [0.25, 0.3) is 0 Å². The first-order valence-corrected chi connectivity index (χ1v) is 9.69. The van der Waals surface area contributed by atoms with Crippen molar-refractivity contribution in [2.45, 2.75) is 38.4 Å². The van der Waals surface area contributed by atoms with E-state index >= 15 is 0 Å². The lowest BCUT2D eigenvalue weighted by atomic mass is 9.93. The summed E-state index contributed by atoms with van der Waals surface area (Å²) < 4.78 is 14.3. The zero-order valence-electron chi connectivity index (χ0n) is 13.9. The average molecular weight is 402 g/mol. The maximum atomic E-state index is 14.3. The van der Waals surface area contributed by atoms with Crippen LogP contribution in [0.3, 0.4) is 0 Å². The lowest BCUT2D eigenvalue weighted by Gasteiger charge is -2.29. The molecule has 1 aliphatic carbocycles. The van der Waals surface area contributed by atoms with Gasteiger partial charge in [-0.2, -0.15) is 0 Å². The van der Waals surface area contributed by atoms with Gasteiger partial charge in [-0.25, -0.2) is 9.37 Å². The molecule has 2 aliphatic rings. The summed E-state index contributed by atoms with van der Waals surface area (Å²) in [5.74, 6) is -0.216. The second kappa shape index (κ2) is 7.89. The van der Waals surface area contributed by atoms with E-state index in [1.165, 1.54) is 25.3 Å². The number of nitrogens with zero attached hydrogens (tertiary/aromatic N) is 2. The molecule has 1 spiro atoms. The van der Waals surface area contributed by atoms with Crippen LogP contribution >= 0.6 is 35.3 Å². The summed E-state index contributed by atoms with van der Waals surface area (Å²) in [7, 11) is 0. The van der Waals surface area contributed by atoms with Crippen LogP contribution in [-0.2, 0) is 13.1 Å². The van der Waals surface area contributed by atoms with Gasteiger partial charge in [-0.1, -0.05) is 17.7 Å². The molecule has 1 unspecified atom stereocenters. The fourth-order valence-corrected chi connectivity index (χ4v) is 4.75. The molecule has 1 N–H and O–H groups in total. The minimum Gasteiger partial charge on any atom is -0.317 e. The molecule has 7 heteroatoms. The van der Waals surface area contributed by atoms with E-state index in [0.29, 0.717) is 28.6 Å². The maximum absolute atomic E-state index is 14.3. The third kappa shape index (κ3) is 4.17. The molecule has 1 atom stereocenters. The SMILES string of the molecule is Cl.Fc1cc(Cl)ccc1CN(Cc1nccs1)C1CC12CCNCC2. The molecular weight excluding hydrogens is 380 g/mol. The smallest absolute Gasteiger partial charge is 0.129 e. The Morgan fingerprint density at radius 1 is 1.32 bits per heavy atom. The molecule has 0 bridgehead atoms. The number of halogens is 3. The summed E-state index contributed by atoms with van der Waals surface area (Å²) in [5.41, 5.74) is 1.14. The first-order valence-electron chi connectivity index (χ1n) is 8.43. The van der Waals surface area contributed by atoms with Gasteiger partial charge in [0, 0.05) is 34.7 Å². The molecule has 0 amide bonds. The van der Waals surface area contributed by atoms with Crippen molar-refractivity contribution in [3.05, 3.63) is 51.2 Å². The fraction of sp³-hybridized carbons (Fsp3) is 0.500. The number of nitrogens with one attached hydrogen (secondary N) is 1. The van der Waals surface area contributed by atoms with Gasteiger partial charge < -0.3 is 5.32 Å². The standard InChI is InChI=1S/C18H21ClFN3S.ClH/c19-14-2-1-13(15(20)9-14)11-23(12-17-22-7-8-24-17)16-10-18(16)3-5-21-6-4-18;/h1-2,7-9,16,21H,3-6,10-12H2;1H. The molecule has 1 aliphatic heterocycles. The van der Waals surface area contributed by atoms with E-state index in [4.69, 9.17) is 11.6 Å². The summed E-state index contributed by atoms with van der Waals surface area (Å²) in [6, 6.07) is 5.52. The highest BCUT2D eigenvalue weighted by Crippen LogP contribution is 2.56. The minimum atomic E-state index is -0.216. The molecular formula is C18H22Cl2FN3S. The molecule has 2 aromatic rings. The van der Waals surface area contributed by atoms with E-state index in [-0.39, 0.29) is 18.2 Å². The van der Waals surface area contributed by atoms with Crippen LogP contribution in [-0.4, -0.2) is 29.0 Å². The molecule has 0 radical (unpaired) electrons. The van der Waals surface area contributed by atoms with Crippen LogP contribution in [0, 0.1) is 11.2 Å². The number of thiazole rings is 1. The Kier molecular flexibility index (Phi) is 6.01. The number of hydrogen-bond donors (Lipinski definition) is 1. The Balaban J connectivity index is 0.00000182. The van der Waals surface area contributed by atoms with E-state index in [1.54, 1.807) is 17.4 Å². The molecule has 2 fully saturated rings. The van der Waals surface area contributed by atoms with Gasteiger partial charge in [-0.05, 0) is 49.9 Å². The molecule has 25 heavy (non-hydrogen) atoms. The van der Waals surface area contributed by atoms with Crippen LogP contribution in [0.15, 0.2) is 29.8 Å². The Morgan fingerprint density at radius 3 is 2.80 bits per heavy atom. The zero-order valence-corrected chi connectivity index (χ0v) is 16.3. The summed E-state index contributed by atoms with van der Waals surface area (Å²) >= 11 is 7.56. The molecule has 136 valence electrons. The van der Waals surface area contributed by atoms with Crippen LogP contribution in [0.4, 0.5) is 4.39 Å². The summed E-state index contributed by atoms with van der Waals surface area (Å²) in [5, 5.41) is 7.00. The van der Waals surface area contributed by atoms with Crippen molar-refractivity contribution in [3.63, 3.8) is 0 Å². The minimum absolute atomic E-state index is 0. The van der Waals surface area contributed by atoms with E-state index in [9.17, 15) is 4.39 Å². The third-order valence-corrected chi connectivity index (χ3v) is 6.40. The Bertz CT molecular complexity index is 704. The van der Waals surface area contributed by atoms with E-state index < -0.39 is 0 Å². The van der Waals surface area contributed by atoms with E-state index in [2.05, 4.69) is 15.2 Å². The maximum Gasteiger partial charge on any atom is 0.129 e. The second-order valence-electron chi connectivity index (χ2n) is 6.90. The van der Waals surface area contributed by atoms with Gasteiger partial charge in [0.2, 0.25) is 0 Å². The van der Waals surface area contributed by atoms with Gasteiger partial charge in [0.05, 0.1) is 6.54 Å². The van der Waals surface area contributed by atoms with Crippen molar-refractivity contribution in [1.82, 2.24) is 15.2 Å². The highest BCUT2D eigenvalue weighted by molar-refractivity contribution is 7.09. The lowest BCUT2D eigenvalue weighted by molar-refractivity contribution is 0.186. The van der Waals surface area contributed by atoms with Crippen molar-refractivity contribution in [1.29, 1.82) is 0 Å². The fourth-order valence-electron chi connectivity index (χ4n) is 3.95. The second-order valence-corrected chi connectivity index (χ2v) is 8.31. The van der Waals surface area contributed by atoms with Crippen molar-refractivity contribution >= 4 is 35.3 Å².